The van der Waals surface area contributed by atoms with Gasteiger partial charge >= 0.3 is 0 Å². The molecule has 0 bridgehead atoms. The van der Waals surface area contributed by atoms with Crippen molar-refractivity contribution in [1.29, 1.82) is 0 Å². The van der Waals surface area contributed by atoms with E-state index in [0.717, 1.165) is 29.4 Å². The summed E-state index contributed by atoms with van der Waals surface area (Å²) in [7, 11) is 0. The molecule has 0 fully saturated rings. The minimum Gasteiger partial charge on any atom is -0.354 e. The predicted molar refractivity (Wildman–Crippen MR) is 86.2 cm³/mol. The number of anilines is 1. The van der Waals surface area contributed by atoms with E-state index in [4.69, 9.17) is 0 Å². The summed E-state index contributed by atoms with van der Waals surface area (Å²) in [4.78, 5) is 12.1. The number of amides is 1. The summed E-state index contributed by atoms with van der Waals surface area (Å²) < 4.78 is 2.09. The minimum absolute atomic E-state index is 0.0681. The summed E-state index contributed by atoms with van der Waals surface area (Å²) >= 11 is 0. The molecule has 0 aliphatic heterocycles. The molecule has 1 N–H and O–H groups in total. The molecule has 0 spiro atoms. The van der Waals surface area contributed by atoms with Crippen LogP contribution in [0.2, 0.25) is 0 Å². The molecule has 21 heavy (non-hydrogen) atoms. The van der Waals surface area contributed by atoms with Crippen LogP contribution in [0, 0.1) is 0 Å². The number of hydrogen-bond acceptors (Lipinski definition) is 1. The lowest BCUT2D eigenvalue weighted by Crippen LogP contribution is -2.12. The van der Waals surface area contributed by atoms with E-state index in [-0.39, 0.29) is 5.91 Å². The Morgan fingerprint density at radius 3 is 2.57 bits per heavy atom. The second-order valence-electron chi connectivity index (χ2n) is 5.10. The molecule has 2 aromatic carbocycles. The normalized spacial score (nSPS) is 10.7. The van der Waals surface area contributed by atoms with Crippen LogP contribution in [0.15, 0.2) is 67.0 Å². The third-order valence-corrected chi connectivity index (χ3v) is 3.55. The van der Waals surface area contributed by atoms with Crippen molar-refractivity contribution in [2.75, 3.05) is 5.32 Å². The Labute approximate surface area is 124 Å². The fourth-order valence-electron chi connectivity index (χ4n) is 2.49. The summed E-state index contributed by atoms with van der Waals surface area (Å²) in [6, 6.07) is 18.0. The Morgan fingerprint density at radius 1 is 0.952 bits per heavy atom. The van der Waals surface area contributed by atoms with Crippen LogP contribution in [0.25, 0.3) is 10.8 Å². The highest BCUT2D eigenvalue weighted by Gasteiger charge is 2.05. The van der Waals surface area contributed by atoms with Crippen LogP contribution in [0.4, 0.5) is 5.69 Å². The molecule has 0 aliphatic rings. The first-order valence-corrected chi connectivity index (χ1v) is 7.21. The van der Waals surface area contributed by atoms with Crippen molar-refractivity contribution in [1.82, 2.24) is 4.57 Å². The maximum atomic E-state index is 12.1. The second-order valence-corrected chi connectivity index (χ2v) is 5.10. The van der Waals surface area contributed by atoms with E-state index in [1.165, 1.54) is 0 Å². The Bertz CT molecular complexity index is 727. The van der Waals surface area contributed by atoms with Gasteiger partial charge in [0.25, 0.3) is 0 Å². The van der Waals surface area contributed by atoms with Gasteiger partial charge in [0.1, 0.15) is 0 Å². The van der Waals surface area contributed by atoms with E-state index in [2.05, 4.69) is 22.0 Å². The Hall–Kier alpha value is -2.55. The maximum absolute atomic E-state index is 12.1. The Morgan fingerprint density at radius 2 is 1.71 bits per heavy atom. The fourth-order valence-corrected chi connectivity index (χ4v) is 2.49. The topological polar surface area (TPSA) is 34.0 Å². The molecular weight excluding hydrogens is 260 g/mol. The smallest absolute Gasteiger partial charge is 0.224 e. The van der Waals surface area contributed by atoms with E-state index in [1.807, 2.05) is 54.9 Å². The van der Waals surface area contributed by atoms with Gasteiger partial charge in [-0.05, 0) is 30.0 Å². The van der Waals surface area contributed by atoms with E-state index >= 15 is 0 Å². The first-order valence-electron chi connectivity index (χ1n) is 7.21. The van der Waals surface area contributed by atoms with Gasteiger partial charge in [0.15, 0.2) is 0 Å². The lowest BCUT2D eigenvalue weighted by molar-refractivity contribution is -0.116. The third kappa shape index (κ3) is 3.31. The summed E-state index contributed by atoms with van der Waals surface area (Å²) in [6.07, 6.45) is 5.40. The number of fused-ring (bicyclic) bond motifs is 1. The quantitative estimate of drug-likeness (QED) is 0.750. The number of benzene rings is 2. The van der Waals surface area contributed by atoms with E-state index < -0.39 is 0 Å². The maximum Gasteiger partial charge on any atom is 0.224 e. The summed E-state index contributed by atoms with van der Waals surface area (Å²) in [5.74, 6) is 0.0681. The second kappa shape index (κ2) is 6.27. The van der Waals surface area contributed by atoms with E-state index in [1.54, 1.807) is 0 Å². The number of aryl methyl sites for hydroxylation is 1. The highest BCUT2D eigenvalue weighted by Crippen LogP contribution is 2.23. The van der Waals surface area contributed by atoms with Crippen molar-refractivity contribution in [3.05, 3.63) is 67.0 Å². The lowest BCUT2D eigenvalue weighted by atomic mass is 10.1. The van der Waals surface area contributed by atoms with Crippen molar-refractivity contribution in [3.8, 4) is 0 Å². The van der Waals surface area contributed by atoms with E-state index in [9.17, 15) is 4.79 Å². The summed E-state index contributed by atoms with van der Waals surface area (Å²) in [5.41, 5.74) is 0.888. The SMILES string of the molecule is O=C(CCCn1cccc1)Nc1cccc2ccccc12. The highest BCUT2D eigenvalue weighted by molar-refractivity contribution is 6.02. The molecule has 0 radical (unpaired) electrons. The van der Waals surface area contributed by atoms with Crippen LogP contribution in [0.3, 0.4) is 0 Å². The number of hydrogen-bond donors (Lipinski definition) is 1. The third-order valence-electron chi connectivity index (χ3n) is 3.55. The van der Waals surface area contributed by atoms with Crippen LogP contribution in [-0.2, 0) is 11.3 Å². The van der Waals surface area contributed by atoms with Crippen molar-refractivity contribution >= 4 is 22.4 Å². The van der Waals surface area contributed by atoms with Gasteiger partial charge in [-0.1, -0.05) is 36.4 Å². The Balaban J connectivity index is 1.61. The molecule has 0 atom stereocenters. The van der Waals surface area contributed by atoms with Crippen molar-refractivity contribution in [2.24, 2.45) is 0 Å². The van der Waals surface area contributed by atoms with Crippen molar-refractivity contribution < 1.29 is 4.79 Å². The average molecular weight is 278 g/mol. The molecule has 3 rings (SSSR count). The Kier molecular flexibility index (Phi) is 4.01. The number of rotatable bonds is 5. The molecule has 0 saturated carbocycles. The van der Waals surface area contributed by atoms with Gasteiger partial charge in [0.2, 0.25) is 5.91 Å². The van der Waals surface area contributed by atoms with Gasteiger partial charge in [-0.15, -0.1) is 0 Å². The number of carbonyl (C=O) groups excluding carboxylic acids is 1. The van der Waals surface area contributed by atoms with Crippen LogP contribution < -0.4 is 5.32 Å². The predicted octanol–water partition coefficient (Wildman–Crippen LogP) is 4.06. The number of aromatic nitrogens is 1. The number of nitrogens with one attached hydrogen (secondary N) is 1. The van der Waals surface area contributed by atoms with Gasteiger partial charge in [-0.3, -0.25) is 4.79 Å². The zero-order chi connectivity index (χ0) is 14.5. The van der Waals surface area contributed by atoms with Crippen LogP contribution in [0.5, 0.6) is 0 Å². The summed E-state index contributed by atoms with van der Waals surface area (Å²) in [5, 5.41) is 5.24. The standard InChI is InChI=1S/C18H18N2O/c21-18(11-6-14-20-12-3-4-13-20)19-17-10-5-8-15-7-1-2-9-16(15)17/h1-5,7-10,12-13H,6,11,14H2,(H,19,21). The summed E-state index contributed by atoms with van der Waals surface area (Å²) in [6.45, 7) is 0.871. The van der Waals surface area contributed by atoms with Gasteiger partial charge in [0.05, 0.1) is 0 Å². The first kappa shape index (κ1) is 13.4. The van der Waals surface area contributed by atoms with Crippen LogP contribution in [0.1, 0.15) is 12.8 Å². The molecule has 1 aromatic heterocycles. The molecule has 1 heterocycles. The lowest BCUT2D eigenvalue weighted by Gasteiger charge is -2.09. The molecule has 3 nitrogen and oxygen atoms in total. The van der Waals surface area contributed by atoms with Crippen LogP contribution in [-0.4, -0.2) is 10.5 Å². The van der Waals surface area contributed by atoms with Gasteiger partial charge in [0, 0.05) is 36.4 Å². The molecular formula is C18H18N2O. The molecule has 3 aromatic rings. The molecule has 0 unspecified atom stereocenters. The molecule has 1 amide bonds. The van der Waals surface area contributed by atoms with Crippen LogP contribution >= 0.6 is 0 Å². The molecule has 0 saturated heterocycles. The number of carbonyl (C=O) groups is 1. The monoisotopic (exact) mass is 278 g/mol. The van der Waals surface area contributed by atoms with Crippen molar-refractivity contribution in [3.63, 3.8) is 0 Å². The van der Waals surface area contributed by atoms with Crippen molar-refractivity contribution in [2.45, 2.75) is 19.4 Å². The van der Waals surface area contributed by atoms with E-state index in [0.29, 0.717) is 6.42 Å². The van der Waals surface area contributed by atoms with Gasteiger partial charge in [-0.2, -0.15) is 0 Å². The first-order chi connectivity index (χ1) is 10.3. The minimum atomic E-state index is 0.0681. The molecule has 3 heteroatoms. The largest absolute Gasteiger partial charge is 0.354 e. The number of nitrogens with zero attached hydrogens (tertiary/aromatic N) is 1. The molecule has 106 valence electrons. The van der Waals surface area contributed by atoms with Gasteiger partial charge in [-0.25, -0.2) is 0 Å². The zero-order valence-electron chi connectivity index (χ0n) is 11.8. The fraction of sp³-hybridized carbons (Fsp3) is 0.167. The molecule has 0 aliphatic carbocycles. The highest BCUT2D eigenvalue weighted by atomic mass is 16.1. The van der Waals surface area contributed by atoms with Gasteiger partial charge < -0.3 is 9.88 Å². The average Bonchev–Trinajstić information content (AvgIpc) is 3.01. The zero-order valence-corrected chi connectivity index (χ0v) is 11.8.